The van der Waals surface area contributed by atoms with Gasteiger partial charge in [-0.2, -0.15) is 0 Å². The molecule has 0 radical (unpaired) electrons. The van der Waals surface area contributed by atoms with Gasteiger partial charge in [0.15, 0.2) is 0 Å². The topological polar surface area (TPSA) is 55.5 Å². The summed E-state index contributed by atoms with van der Waals surface area (Å²) >= 11 is 0. The SMILES string of the molecule is OCc1cnc(C2CCCCO2)o1. The van der Waals surface area contributed by atoms with Crippen LogP contribution in [0.3, 0.4) is 0 Å². The maximum Gasteiger partial charge on any atom is 0.223 e. The van der Waals surface area contributed by atoms with Gasteiger partial charge in [-0.05, 0) is 19.3 Å². The van der Waals surface area contributed by atoms with E-state index in [0.717, 1.165) is 25.9 Å². The molecule has 1 saturated heterocycles. The van der Waals surface area contributed by atoms with E-state index in [1.54, 1.807) is 6.20 Å². The molecule has 2 rings (SSSR count). The molecule has 4 nitrogen and oxygen atoms in total. The predicted octanol–water partition coefficient (Wildman–Crippen LogP) is 1.41. The van der Waals surface area contributed by atoms with Gasteiger partial charge in [-0.15, -0.1) is 0 Å². The first-order valence-electron chi connectivity index (χ1n) is 4.57. The first kappa shape index (κ1) is 8.72. The van der Waals surface area contributed by atoms with E-state index in [2.05, 4.69) is 4.98 Å². The fourth-order valence-electron chi connectivity index (χ4n) is 1.48. The van der Waals surface area contributed by atoms with Crippen LogP contribution in [0, 0.1) is 0 Å². The van der Waals surface area contributed by atoms with Crippen molar-refractivity contribution in [2.45, 2.75) is 32.0 Å². The fourth-order valence-corrected chi connectivity index (χ4v) is 1.48. The third-order valence-electron chi connectivity index (χ3n) is 2.18. The van der Waals surface area contributed by atoms with E-state index in [1.807, 2.05) is 0 Å². The molecule has 0 aliphatic carbocycles. The van der Waals surface area contributed by atoms with Crippen LogP contribution in [0.1, 0.15) is 37.0 Å². The Morgan fingerprint density at radius 1 is 1.54 bits per heavy atom. The molecule has 0 amide bonds. The Kier molecular flexibility index (Phi) is 2.61. The zero-order valence-corrected chi connectivity index (χ0v) is 7.40. The Morgan fingerprint density at radius 2 is 2.46 bits per heavy atom. The van der Waals surface area contributed by atoms with E-state index < -0.39 is 0 Å². The van der Waals surface area contributed by atoms with Crippen LogP contribution in [0.25, 0.3) is 0 Å². The molecule has 0 aromatic carbocycles. The number of rotatable bonds is 2. The van der Waals surface area contributed by atoms with Gasteiger partial charge in [0.1, 0.15) is 18.5 Å². The minimum absolute atomic E-state index is 0.00551. The number of ether oxygens (including phenoxy) is 1. The molecule has 72 valence electrons. The van der Waals surface area contributed by atoms with Gasteiger partial charge < -0.3 is 14.3 Å². The first-order chi connectivity index (χ1) is 6.40. The number of hydrogen-bond acceptors (Lipinski definition) is 4. The van der Waals surface area contributed by atoms with Crippen molar-refractivity contribution in [1.82, 2.24) is 4.98 Å². The summed E-state index contributed by atoms with van der Waals surface area (Å²) in [4.78, 5) is 4.06. The minimum Gasteiger partial charge on any atom is -0.440 e. The van der Waals surface area contributed by atoms with Crippen LogP contribution in [0.15, 0.2) is 10.6 Å². The third-order valence-corrected chi connectivity index (χ3v) is 2.18. The molecule has 1 atom stereocenters. The lowest BCUT2D eigenvalue weighted by Crippen LogP contribution is -2.11. The van der Waals surface area contributed by atoms with Crippen LogP contribution in [0.2, 0.25) is 0 Å². The summed E-state index contributed by atoms with van der Waals surface area (Å²) in [6.07, 6.45) is 4.78. The van der Waals surface area contributed by atoms with Crippen molar-refractivity contribution in [3.8, 4) is 0 Å². The lowest BCUT2D eigenvalue weighted by Gasteiger charge is -2.19. The Hall–Kier alpha value is -0.870. The second kappa shape index (κ2) is 3.89. The molecule has 1 unspecified atom stereocenters. The third kappa shape index (κ3) is 1.89. The number of aliphatic hydroxyl groups is 1. The molecular formula is C9H13NO3. The van der Waals surface area contributed by atoms with Crippen LogP contribution in [-0.4, -0.2) is 16.7 Å². The fraction of sp³-hybridized carbons (Fsp3) is 0.667. The second-order valence-corrected chi connectivity index (χ2v) is 3.18. The number of aromatic nitrogens is 1. The molecule has 1 fully saturated rings. The summed E-state index contributed by atoms with van der Waals surface area (Å²) in [7, 11) is 0. The number of hydrogen-bond donors (Lipinski definition) is 1. The van der Waals surface area contributed by atoms with E-state index in [1.165, 1.54) is 0 Å². The maximum atomic E-state index is 8.77. The minimum atomic E-state index is -0.0975. The molecule has 1 aromatic heterocycles. The van der Waals surface area contributed by atoms with Gasteiger partial charge in [-0.1, -0.05) is 0 Å². The van der Waals surface area contributed by atoms with Crippen molar-refractivity contribution in [2.75, 3.05) is 6.61 Å². The molecule has 1 aliphatic rings. The van der Waals surface area contributed by atoms with Crippen molar-refractivity contribution in [3.63, 3.8) is 0 Å². The number of nitrogens with zero attached hydrogens (tertiary/aromatic N) is 1. The Morgan fingerprint density at radius 3 is 3.08 bits per heavy atom. The molecule has 0 spiro atoms. The molecule has 13 heavy (non-hydrogen) atoms. The van der Waals surface area contributed by atoms with Gasteiger partial charge in [0.2, 0.25) is 5.89 Å². The van der Waals surface area contributed by atoms with E-state index in [4.69, 9.17) is 14.3 Å². The summed E-state index contributed by atoms with van der Waals surface area (Å²) in [5.74, 6) is 1.10. The van der Waals surface area contributed by atoms with Gasteiger partial charge in [0.05, 0.1) is 6.20 Å². The quantitative estimate of drug-likeness (QED) is 0.753. The maximum absolute atomic E-state index is 8.77. The van der Waals surface area contributed by atoms with Gasteiger partial charge >= 0.3 is 0 Å². The van der Waals surface area contributed by atoms with Gasteiger partial charge in [-0.3, -0.25) is 0 Å². The van der Waals surface area contributed by atoms with Crippen LogP contribution >= 0.6 is 0 Å². The number of aliphatic hydroxyl groups excluding tert-OH is 1. The van der Waals surface area contributed by atoms with Crippen LogP contribution in [0.4, 0.5) is 0 Å². The average Bonchev–Trinajstić information content (AvgIpc) is 2.67. The molecular weight excluding hydrogens is 170 g/mol. The molecule has 4 heteroatoms. The van der Waals surface area contributed by atoms with E-state index in [9.17, 15) is 0 Å². The largest absolute Gasteiger partial charge is 0.440 e. The van der Waals surface area contributed by atoms with Crippen LogP contribution < -0.4 is 0 Å². The molecule has 2 heterocycles. The van der Waals surface area contributed by atoms with Gasteiger partial charge in [0.25, 0.3) is 0 Å². The lowest BCUT2D eigenvalue weighted by atomic mass is 10.1. The summed E-state index contributed by atoms with van der Waals surface area (Å²) in [6.45, 7) is 0.682. The first-order valence-corrected chi connectivity index (χ1v) is 4.57. The Bertz CT molecular complexity index is 266. The highest BCUT2D eigenvalue weighted by Gasteiger charge is 2.20. The zero-order chi connectivity index (χ0) is 9.10. The Labute approximate surface area is 76.5 Å². The standard InChI is InChI=1S/C9H13NO3/c11-6-7-5-10-9(13-7)8-3-1-2-4-12-8/h5,8,11H,1-4,6H2. The summed E-state index contributed by atoms with van der Waals surface area (Å²) in [5.41, 5.74) is 0. The van der Waals surface area contributed by atoms with Crippen molar-refractivity contribution < 1.29 is 14.3 Å². The zero-order valence-electron chi connectivity index (χ0n) is 7.40. The normalized spacial score (nSPS) is 23.3. The number of oxazole rings is 1. The summed E-state index contributed by atoms with van der Waals surface area (Å²) < 4.78 is 10.8. The average molecular weight is 183 g/mol. The van der Waals surface area contributed by atoms with Crippen molar-refractivity contribution in [1.29, 1.82) is 0 Å². The highest BCUT2D eigenvalue weighted by Crippen LogP contribution is 2.27. The highest BCUT2D eigenvalue weighted by molar-refractivity contribution is 4.95. The van der Waals surface area contributed by atoms with Gasteiger partial charge in [-0.25, -0.2) is 4.98 Å². The molecule has 0 bridgehead atoms. The lowest BCUT2D eigenvalue weighted by molar-refractivity contribution is -0.00266. The van der Waals surface area contributed by atoms with Crippen molar-refractivity contribution >= 4 is 0 Å². The van der Waals surface area contributed by atoms with Crippen molar-refractivity contribution in [2.24, 2.45) is 0 Å². The summed E-state index contributed by atoms with van der Waals surface area (Å²) in [6, 6.07) is 0. The van der Waals surface area contributed by atoms with Crippen LogP contribution in [-0.2, 0) is 11.3 Å². The molecule has 1 aliphatic heterocycles. The van der Waals surface area contributed by atoms with Gasteiger partial charge in [0, 0.05) is 6.61 Å². The monoisotopic (exact) mass is 183 g/mol. The smallest absolute Gasteiger partial charge is 0.223 e. The Balaban J connectivity index is 2.05. The highest BCUT2D eigenvalue weighted by atomic mass is 16.5. The predicted molar refractivity (Wildman–Crippen MR) is 45.0 cm³/mol. The van der Waals surface area contributed by atoms with E-state index >= 15 is 0 Å². The van der Waals surface area contributed by atoms with Crippen LogP contribution in [0.5, 0.6) is 0 Å². The molecule has 1 aromatic rings. The van der Waals surface area contributed by atoms with Crippen molar-refractivity contribution in [3.05, 3.63) is 17.8 Å². The van der Waals surface area contributed by atoms with E-state index in [0.29, 0.717) is 11.7 Å². The van der Waals surface area contributed by atoms with E-state index in [-0.39, 0.29) is 12.7 Å². The summed E-state index contributed by atoms with van der Waals surface area (Å²) in [5, 5.41) is 8.77. The second-order valence-electron chi connectivity index (χ2n) is 3.18. The molecule has 1 N–H and O–H groups in total. The molecule has 0 saturated carbocycles.